The summed E-state index contributed by atoms with van der Waals surface area (Å²) in [4.78, 5) is 20.3. The van der Waals surface area contributed by atoms with Crippen molar-refractivity contribution in [3.63, 3.8) is 0 Å². The van der Waals surface area contributed by atoms with Crippen LogP contribution in [-0.2, 0) is 12.0 Å². The van der Waals surface area contributed by atoms with Crippen LogP contribution in [0.5, 0.6) is 5.75 Å². The van der Waals surface area contributed by atoms with Gasteiger partial charge in [-0.25, -0.2) is 9.78 Å². The van der Waals surface area contributed by atoms with E-state index in [1.165, 1.54) is 17.0 Å². The lowest BCUT2D eigenvalue weighted by molar-refractivity contribution is 0.251. The maximum absolute atomic E-state index is 12.4. The molecule has 0 unspecified atom stereocenters. The normalized spacial score (nSPS) is 14.1. The summed E-state index contributed by atoms with van der Waals surface area (Å²) in [6.45, 7) is 8.82. The smallest absolute Gasteiger partial charge is 0.321 e. The van der Waals surface area contributed by atoms with Crippen molar-refractivity contribution in [1.82, 2.24) is 15.6 Å². The second kappa shape index (κ2) is 10.2. The van der Waals surface area contributed by atoms with Crippen molar-refractivity contribution < 1.29 is 9.53 Å². The van der Waals surface area contributed by atoms with Gasteiger partial charge in [0.1, 0.15) is 5.75 Å². The monoisotopic (exact) mass is 465 g/mol. The van der Waals surface area contributed by atoms with Crippen LogP contribution in [0.25, 0.3) is 0 Å². The minimum absolute atomic E-state index is 0.230. The molecule has 2 aromatic carbocycles. The van der Waals surface area contributed by atoms with Crippen LogP contribution in [0.15, 0.2) is 54.7 Å². The van der Waals surface area contributed by atoms with E-state index in [4.69, 9.17) is 4.74 Å². The highest BCUT2D eigenvalue weighted by Gasteiger charge is 2.26. The molecule has 0 atom stereocenters. The quantitative estimate of drug-likeness (QED) is 0.487. The number of hydrogen-bond acceptors (Lipinski definition) is 6. The van der Waals surface area contributed by atoms with Gasteiger partial charge < -0.3 is 20.3 Å². The predicted octanol–water partition coefficient (Wildman–Crippen LogP) is 4.21. The molecular weight excluding hydrogens is 434 g/mol. The molecule has 4 rings (SSSR count). The summed E-state index contributed by atoms with van der Waals surface area (Å²) in [5, 5.41) is 9.72. The molecule has 174 valence electrons. The number of carbonyl (C=O) groups excluding carboxylic acids is 1. The Morgan fingerprint density at radius 1 is 1.12 bits per heavy atom. The minimum atomic E-state index is -0.260. The Kier molecular flexibility index (Phi) is 7.15. The summed E-state index contributed by atoms with van der Waals surface area (Å²) in [6, 6.07) is 16.2. The van der Waals surface area contributed by atoms with Crippen molar-refractivity contribution in [2.24, 2.45) is 0 Å². The van der Waals surface area contributed by atoms with Crippen LogP contribution in [0.1, 0.15) is 29.9 Å². The number of urea groups is 1. The van der Waals surface area contributed by atoms with Crippen LogP contribution >= 0.6 is 11.3 Å². The summed E-state index contributed by atoms with van der Waals surface area (Å²) in [7, 11) is 1.66. The van der Waals surface area contributed by atoms with Gasteiger partial charge in [0.05, 0.1) is 7.11 Å². The fourth-order valence-electron chi connectivity index (χ4n) is 3.84. The van der Waals surface area contributed by atoms with E-state index in [0.29, 0.717) is 11.7 Å². The molecule has 1 aliphatic rings. The minimum Gasteiger partial charge on any atom is -0.497 e. The van der Waals surface area contributed by atoms with Gasteiger partial charge in [0, 0.05) is 54.9 Å². The molecule has 2 heterocycles. The van der Waals surface area contributed by atoms with Crippen LogP contribution in [-0.4, -0.2) is 44.3 Å². The first kappa shape index (κ1) is 23.1. The van der Waals surface area contributed by atoms with Gasteiger partial charge in [0.25, 0.3) is 0 Å². The molecule has 3 N–H and O–H groups in total. The van der Waals surface area contributed by atoms with Crippen molar-refractivity contribution in [1.29, 1.82) is 0 Å². The van der Waals surface area contributed by atoms with Gasteiger partial charge in [-0.2, -0.15) is 0 Å². The number of rotatable bonds is 7. The lowest BCUT2D eigenvalue weighted by Crippen LogP contribution is -2.43. The summed E-state index contributed by atoms with van der Waals surface area (Å²) in [5.41, 5.74) is 3.21. The van der Waals surface area contributed by atoms with Crippen molar-refractivity contribution in [3.05, 3.63) is 70.7 Å². The maximum Gasteiger partial charge on any atom is 0.321 e. The third kappa shape index (κ3) is 5.64. The molecular formula is C25H31N5O2S. The number of aromatic nitrogens is 1. The number of nitrogens with one attached hydrogen (secondary N) is 3. The molecule has 3 aromatic rings. The van der Waals surface area contributed by atoms with Gasteiger partial charge in [0.2, 0.25) is 0 Å². The number of amides is 2. The standard InChI is InChI=1S/C25H31N5O2S/c1-25(2,19-6-10-21(32-3)11-7-19)22-17-28-24(33-22)29-23(31)27-16-18-4-8-20(9-5-18)30-14-12-26-13-15-30/h4-11,17,26H,12-16H2,1-3H3,(H2,27,28,29,31). The van der Waals surface area contributed by atoms with Crippen molar-refractivity contribution in [2.45, 2.75) is 25.8 Å². The molecule has 1 aliphatic heterocycles. The molecule has 1 aromatic heterocycles. The number of nitrogens with zero attached hydrogens (tertiary/aromatic N) is 2. The van der Waals surface area contributed by atoms with E-state index in [2.05, 4.69) is 76.1 Å². The van der Waals surface area contributed by atoms with Crippen LogP contribution in [0.4, 0.5) is 15.6 Å². The largest absolute Gasteiger partial charge is 0.497 e. The maximum atomic E-state index is 12.4. The first-order valence-corrected chi connectivity index (χ1v) is 12.0. The first-order chi connectivity index (χ1) is 16.0. The van der Waals surface area contributed by atoms with Gasteiger partial charge in [-0.05, 0) is 35.4 Å². The SMILES string of the molecule is COc1ccc(C(C)(C)c2cnc(NC(=O)NCc3ccc(N4CCNCC4)cc3)s2)cc1. The third-order valence-corrected chi connectivity index (χ3v) is 7.26. The van der Waals surface area contributed by atoms with Crippen molar-refractivity contribution >= 4 is 28.2 Å². The van der Waals surface area contributed by atoms with E-state index in [9.17, 15) is 4.79 Å². The Hall–Kier alpha value is -3.10. The lowest BCUT2D eigenvalue weighted by Gasteiger charge is -2.29. The molecule has 0 aliphatic carbocycles. The zero-order valence-corrected chi connectivity index (χ0v) is 20.2. The van der Waals surface area contributed by atoms with Crippen LogP contribution < -0.4 is 25.6 Å². The molecule has 1 fully saturated rings. The average Bonchev–Trinajstić information content (AvgIpc) is 3.33. The fourth-order valence-corrected chi connectivity index (χ4v) is 4.78. The number of hydrogen-bond donors (Lipinski definition) is 3. The highest BCUT2D eigenvalue weighted by molar-refractivity contribution is 7.15. The molecule has 1 saturated heterocycles. The summed E-state index contributed by atoms with van der Waals surface area (Å²) in [6.07, 6.45) is 1.83. The zero-order valence-electron chi connectivity index (χ0n) is 19.4. The molecule has 33 heavy (non-hydrogen) atoms. The number of benzene rings is 2. The van der Waals surface area contributed by atoms with Crippen LogP contribution in [0.3, 0.4) is 0 Å². The number of carbonyl (C=O) groups is 1. The summed E-state index contributed by atoms with van der Waals surface area (Å²) < 4.78 is 5.26. The molecule has 2 amide bonds. The van der Waals surface area contributed by atoms with E-state index < -0.39 is 0 Å². The Balaban J connectivity index is 1.31. The van der Waals surface area contributed by atoms with Gasteiger partial charge >= 0.3 is 6.03 Å². The van der Waals surface area contributed by atoms with E-state index >= 15 is 0 Å². The van der Waals surface area contributed by atoms with Gasteiger partial charge in [-0.3, -0.25) is 5.32 Å². The Bertz CT molecular complexity index is 1060. The van der Waals surface area contributed by atoms with Gasteiger partial charge in [-0.1, -0.05) is 38.1 Å². The molecule has 7 nitrogen and oxygen atoms in total. The Morgan fingerprint density at radius 2 is 1.82 bits per heavy atom. The molecule has 0 spiro atoms. The zero-order chi connectivity index (χ0) is 23.3. The highest BCUT2D eigenvalue weighted by Crippen LogP contribution is 2.37. The molecule has 8 heteroatoms. The van der Waals surface area contributed by atoms with E-state index in [1.54, 1.807) is 7.11 Å². The predicted molar refractivity (Wildman–Crippen MR) is 135 cm³/mol. The fraction of sp³-hybridized carbons (Fsp3) is 0.360. The van der Waals surface area contributed by atoms with Crippen molar-refractivity contribution in [3.8, 4) is 5.75 Å². The van der Waals surface area contributed by atoms with Gasteiger partial charge in [-0.15, -0.1) is 11.3 Å². The molecule has 0 bridgehead atoms. The number of thiazole rings is 1. The second-order valence-electron chi connectivity index (χ2n) is 8.59. The topological polar surface area (TPSA) is 78.5 Å². The number of piperazine rings is 1. The first-order valence-electron chi connectivity index (χ1n) is 11.2. The highest BCUT2D eigenvalue weighted by atomic mass is 32.1. The summed E-state index contributed by atoms with van der Waals surface area (Å²) >= 11 is 1.49. The van der Waals surface area contributed by atoms with Crippen LogP contribution in [0, 0.1) is 0 Å². The van der Waals surface area contributed by atoms with E-state index in [-0.39, 0.29) is 11.4 Å². The summed E-state index contributed by atoms with van der Waals surface area (Å²) in [5.74, 6) is 0.830. The van der Waals surface area contributed by atoms with Crippen LogP contribution in [0.2, 0.25) is 0 Å². The molecule has 0 radical (unpaired) electrons. The third-order valence-electron chi connectivity index (χ3n) is 6.03. The molecule has 0 saturated carbocycles. The van der Waals surface area contributed by atoms with E-state index in [0.717, 1.165) is 47.9 Å². The average molecular weight is 466 g/mol. The van der Waals surface area contributed by atoms with Gasteiger partial charge in [0.15, 0.2) is 5.13 Å². The number of methoxy groups -OCH3 is 1. The van der Waals surface area contributed by atoms with Crippen molar-refractivity contribution in [2.75, 3.05) is 43.5 Å². The Labute approximate surface area is 199 Å². The van der Waals surface area contributed by atoms with E-state index in [1.807, 2.05) is 18.3 Å². The lowest BCUT2D eigenvalue weighted by atomic mass is 9.83. The Morgan fingerprint density at radius 3 is 2.48 bits per heavy atom. The second-order valence-corrected chi connectivity index (χ2v) is 9.62. The number of ether oxygens (including phenoxy) is 1. The number of anilines is 2.